The van der Waals surface area contributed by atoms with Gasteiger partial charge in [0.15, 0.2) is 0 Å². The summed E-state index contributed by atoms with van der Waals surface area (Å²) in [4.78, 5) is 0. The number of hydrogen-bond donors (Lipinski definition) is 0. The second kappa shape index (κ2) is 3.05. The Kier molecular flexibility index (Phi) is 2.96. The van der Waals surface area contributed by atoms with E-state index in [-0.39, 0.29) is 0 Å². The van der Waals surface area contributed by atoms with E-state index in [0.717, 1.165) is 0 Å². The highest BCUT2D eigenvalue weighted by Crippen LogP contribution is 2.15. The third-order valence-corrected chi connectivity index (χ3v) is 0.981. The molecule has 0 fully saturated rings. The van der Waals surface area contributed by atoms with Crippen LogP contribution in [0.1, 0.15) is 34.6 Å². The summed E-state index contributed by atoms with van der Waals surface area (Å²) in [7, 11) is 0. The molecule has 0 rings (SSSR count). The molecule has 0 heterocycles. The van der Waals surface area contributed by atoms with Crippen molar-refractivity contribution >= 4 is 0 Å². The monoisotopic (exact) mass is 126 g/mol. The van der Waals surface area contributed by atoms with E-state index in [1.54, 1.807) is 0 Å². The normalized spacial score (nSPS) is 13.6. The minimum atomic E-state index is 0.351. The van der Waals surface area contributed by atoms with E-state index < -0.39 is 0 Å². The lowest BCUT2D eigenvalue weighted by atomic mass is 9.95. The Morgan fingerprint density at radius 3 is 1.67 bits per heavy atom. The van der Waals surface area contributed by atoms with Crippen LogP contribution in [0.5, 0.6) is 0 Å². The summed E-state index contributed by atoms with van der Waals surface area (Å²) in [6.45, 7) is 11.0. The molecule has 0 aromatic heterocycles. The van der Waals surface area contributed by atoms with E-state index in [0.29, 0.717) is 11.3 Å². The van der Waals surface area contributed by atoms with Crippen molar-refractivity contribution in [3.05, 3.63) is 12.2 Å². The molecule has 0 unspecified atom stereocenters. The Hall–Kier alpha value is -0.260. The van der Waals surface area contributed by atoms with Crippen LogP contribution in [-0.2, 0) is 0 Å². The molecule has 9 heavy (non-hydrogen) atoms. The molecule has 54 valence electrons. The van der Waals surface area contributed by atoms with E-state index >= 15 is 0 Å². The fraction of sp³-hybridized carbons (Fsp3) is 0.778. The van der Waals surface area contributed by atoms with Crippen molar-refractivity contribution in [3.8, 4) is 0 Å². The summed E-state index contributed by atoms with van der Waals surface area (Å²) >= 11 is 0. The van der Waals surface area contributed by atoms with Crippen molar-refractivity contribution in [3.63, 3.8) is 0 Å². The van der Waals surface area contributed by atoms with E-state index in [2.05, 4.69) is 46.8 Å². The first-order valence-corrected chi connectivity index (χ1v) is 3.61. The van der Waals surface area contributed by atoms with Gasteiger partial charge in [-0.3, -0.25) is 0 Å². The average Bonchev–Trinajstić information content (AvgIpc) is 1.59. The summed E-state index contributed by atoms with van der Waals surface area (Å²) in [6, 6.07) is 0. The molecule has 0 radical (unpaired) electrons. The Morgan fingerprint density at radius 2 is 1.56 bits per heavy atom. The molecule has 0 aromatic rings. The molecular weight excluding hydrogens is 108 g/mol. The first kappa shape index (κ1) is 8.74. The zero-order valence-corrected chi connectivity index (χ0v) is 7.23. The standard InChI is InChI=1S/C9H18/c1-8(2)6-7-9(3,4)5/h6-8H,1-5H3/b7-6+. The Balaban J connectivity index is 3.71. The van der Waals surface area contributed by atoms with Crippen LogP contribution in [-0.4, -0.2) is 0 Å². The molecule has 0 saturated heterocycles. The van der Waals surface area contributed by atoms with Crippen molar-refractivity contribution in [2.24, 2.45) is 11.3 Å². The maximum Gasteiger partial charge on any atom is -0.0203 e. The Bertz CT molecular complexity index is 91.1. The van der Waals surface area contributed by atoms with Gasteiger partial charge in [0.1, 0.15) is 0 Å². The van der Waals surface area contributed by atoms with Gasteiger partial charge in [-0.25, -0.2) is 0 Å². The maximum absolute atomic E-state index is 2.26. The summed E-state index contributed by atoms with van der Waals surface area (Å²) in [5, 5.41) is 0. The number of hydrogen-bond acceptors (Lipinski definition) is 0. The molecule has 0 heteroatoms. The summed E-state index contributed by atoms with van der Waals surface area (Å²) in [5.41, 5.74) is 0.351. The number of rotatable bonds is 1. The van der Waals surface area contributed by atoms with E-state index in [9.17, 15) is 0 Å². The van der Waals surface area contributed by atoms with Crippen LogP contribution in [0.3, 0.4) is 0 Å². The first-order valence-electron chi connectivity index (χ1n) is 3.61. The van der Waals surface area contributed by atoms with Gasteiger partial charge in [-0.15, -0.1) is 0 Å². The van der Waals surface area contributed by atoms with Crippen molar-refractivity contribution < 1.29 is 0 Å². The number of allylic oxidation sites excluding steroid dienone is 2. The molecule has 0 spiro atoms. The molecule has 0 nitrogen and oxygen atoms in total. The zero-order chi connectivity index (χ0) is 7.49. The quantitative estimate of drug-likeness (QED) is 0.473. The van der Waals surface area contributed by atoms with Crippen LogP contribution < -0.4 is 0 Å². The van der Waals surface area contributed by atoms with Gasteiger partial charge >= 0.3 is 0 Å². The predicted molar refractivity (Wildman–Crippen MR) is 43.4 cm³/mol. The lowest BCUT2D eigenvalue weighted by molar-refractivity contribution is 0.538. The minimum absolute atomic E-state index is 0.351. The molecule has 0 aliphatic rings. The predicted octanol–water partition coefficient (Wildman–Crippen LogP) is 3.24. The molecular formula is C9H18. The topological polar surface area (TPSA) is 0 Å². The highest BCUT2D eigenvalue weighted by molar-refractivity contribution is 4.93. The van der Waals surface area contributed by atoms with Crippen molar-refractivity contribution in [1.82, 2.24) is 0 Å². The third kappa shape index (κ3) is 7.74. The highest BCUT2D eigenvalue weighted by atomic mass is 14.1. The fourth-order valence-electron chi connectivity index (χ4n) is 0.481. The van der Waals surface area contributed by atoms with Gasteiger partial charge in [-0.2, -0.15) is 0 Å². The molecule has 0 bridgehead atoms. The molecule has 0 aliphatic carbocycles. The molecule has 0 amide bonds. The van der Waals surface area contributed by atoms with Crippen LogP contribution in [0.4, 0.5) is 0 Å². The second-order valence-corrected chi connectivity index (χ2v) is 3.97. The molecule has 0 saturated carbocycles. The lowest BCUT2D eigenvalue weighted by Gasteiger charge is -2.11. The lowest BCUT2D eigenvalue weighted by Crippen LogP contribution is -1.99. The average molecular weight is 126 g/mol. The van der Waals surface area contributed by atoms with Crippen LogP contribution >= 0.6 is 0 Å². The van der Waals surface area contributed by atoms with E-state index in [1.165, 1.54) is 0 Å². The second-order valence-electron chi connectivity index (χ2n) is 3.97. The van der Waals surface area contributed by atoms with Crippen molar-refractivity contribution in [1.29, 1.82) is 0 Å². The molecule has 0 aliphatic heterocycles. The van der Waals surface area contributed by atoms with Gasteiger partial charge in [-0.1, -0.05) is 46.8 Å². The third-order valence-electron chi connectivity index (χ3n) is 0.981. The largest absolute Gasteiger partial charge is 0.0854 e. The smallest absolute Gasteiger partial charge is 0.0203 e. The molecule has 0 atom stereocenters. The Morgan fingerprint density at radius 1 is 1.11 bits per heavy atom. The molecule has 0 N–H and O–H groups in total. The van der Waals surface area contributed by atoms with Gasteiger partial charge in [0.05, 0.1) is 0 Å². The van der Waals surface area contributed by atoms with E-state index in [1.807, 2.05) is 0 Å². The van der Waals surface area contributed by atoms with Gasteiger partial charge in [-0.05, 0) is 11.3 Å². The zero-order valence-electron chi connectivity index (χ0n) is 7.23. The van der Waals surface area contributed by atoms with Gasteiger partial charge in [0, 0.05) is 0 Å². The van der Waals surface area contributed by atoms with Crippen molar-refractivity contribution in [2.45, 2.75) is 34.6 Å². The van der Waals surface area contributed by atoms with E-state index in [4.69, 9.17) is 0 Å². The molecule has 0 aromatic carbocycles. The van der Waals surface area contributed by atoms with Crippen molar-refractivity contribution in [2.75, 3.05) is 0 Å². The Labute approximate surface area is 59.0 Å². The van der Waals surface area contributed by atoms with Crippen LogP contribution in [0.15, 0.2) is 12.2 Å². The maximum atomic E-state index is 2.26. The SMILES string of the molecule is CC(C)/C=C/C(C)(C)C. The van der Waals surface area contributed by atoms with Gasteiger partial charge in [0.2, 0.25) is 0 Å². The van der Waals surface area contributed by atoms with Gasteiger partial charge in [0.25, 0.3) is 0 Å². The fourth-order valence-corrected chi connectivity index (χ4v) is 0.481. The highest BCUT2D eigenvalue weighted by Gasteiger charge is 2.02. The van der Waals surface area contributed by atoms with Crippen LogP contribution in [0.2, 0.25) is 0 Å². The van der Waals surface area contributed by atoms with Gasteiger partial charge < -0.3 is 0 Å². The summed E-state index contributed by atoms with van der Waals surface area (Å²) in [6.07, 6.45) is 4.51. The summed E-state index contributed by atoms with van der Waals surface area (Å²) in [5.74, 6) is 0.684. The summed E-state index contributed by atoms with van der Waals surface area (Å²) < 4.78 is 0. The first-order chi connectivity index (χ1) is 3.92. The van der Waals surface area contributed by atoms with Crippen LogP contribution in [0.25, 0.3) is 0 Å². The van der Waals surface area contributed by atoms with Crippen LogP contribution in [0, 0.1) is 11.3 Å². The minimum Gasteiger partial charge on any atom is -0.0854 e.